The Bertz CT molecular complexity index is 819. The van der Waals surface area contributed by atoms with Crippen molar-refractivity contribution in [3.05, 3.63) is 30.0 Å². The van der Waals surface area contributed by atoms with Gasteiger partial charge in [0.1, 0.15) is 5.69 Å². The number of piperidine rings is 1. The molecule has 2 amide bonds. The lowest BCUT2D eigenvalue weighted by Gasteiger charge is -2.33. The summed E-state index contributed by atoms with van der Waals surface area (Å²) in [5.74, 6) is 0.467. The molecule has 2 N–H and O–H groups in total. The lowest BCUT2D eigenvalue weighted by atomic mass is 9.97. The molecule has 2 aromatic rings. The minimum atomic E-state index is -0.0493. The number of nitrogens with zero attached hydrogens (tertiary/aromatic N) is 2. The van der Waals surface area contributed by atoms with Gasteiger partial charge in [-0.05, 0) is 50.3 Å². The summed E-state index contributed by atoms with van der Waals surface area (Å²) in [7, 11) is 0. The maximum atomic E-state index is 12.7. The number of likely N-dealkylation sites (tertiary alicyclic amines) is 1. The van der Waals surface area contributed by atoms with Gasteiger partial charge in [-0.1, -0.05) is 17.3 Å². The molecule has 7 nitrogen and oxygen atoms in total. The molecule has 2 aliphatic heterocycles. The number of carbonyl (C=O) groups excluding carboxylic acids is 2. The fourth-order valence-electron chi connectivity index (χ4n) is 4.06. The number of carbonyl (C=O) groups is 2. The maximum absolute atomic E-state index is 12.7. The van der Waals surface area contributed by atoms with Gasteiger partial charge in [-0.15, -0.1) is 12.4 Å². The second-order valence-electron chi connectivity index (χ2n) is 7.54. The third-order valence-electron chi connectivity index (χ3n) is 5.58. The number of hydrogen-bond acceptors (Lipinski definition) is 5. The molecule has 4 rings (SSSR count). The van der Waals surface area contributed by atoms with E-state index in [1.165, 1.54) is 0 Å². The molecule has 0 radical (unpaired) electrons. The summed E-state index contributed by atoms with van der Waals surface area (Å²) in [4.78, 5) is 26.8. The summed E-state index contributed by atoms with van der Waals surface area (Å²) in [5.41, 5.74) is 1.40. The van der Waals surface area contributed by atoms with Crippen LogP contribution in [0.2, 0.25) is 0 Å². The SMILES string of the molecule is Cl.O=C(NCC1CCCN(C(=O)Cc2noc3ccccc23)C1)C1CCCN1. The van der Waals surface area contributed by atoms with Crippen molar-refractivity contribution in [3.8, 4) is 0 Å². The summed E-state index contributed by atoms with van der Waals surface area (Å²) >= 11 is 0. The van der Waals surface area contributed by atoms with Gasteiger partial charge in [0.2, 0.25) is 11.8 Å². The van der Waals surface area contributed by atoms with E-state index in [9.17, 15) is 9.59 Å². The highest BCUT2D eigenvalue weighted by molar-refractivity contribution is 5.86. The molecule has 2 aliphatic rings. The Balaban J connectivity index is 0.00000225. The fourth-order valence-corrected chi connectivity index (χ4v) is 4.06. The number of hydrogen-bond donors (Lipinski definition) is 2. The standard InChI is InChI=1S/C20H26N4O3.ClH/c25-19(11-17-15-6-1-2-8-18(15)27-23-17)24-10-4-5-14(13-24)12-22-20(26)16-7-3-9-21-16;/h1-2,6,8,14,16,21H,3-5,7,9-13H2,(H,22,26);1H. The molecule has 28 heavy (non-hydrogen) atoms. The van der Waals surface area contributed by atoms with Gasteiger partial charge in [0.05, 0.1) is 12.5 Å². The van der Waals surface area contributed by atoms with E-state index in [4.69, 9.17) is 4.52 Å². The van der Waals surface area contributed by atoms with E-state index in [2.05, 4.69) is 15.8 Å². The maximum Gasteiger partial charge on any atom is 0.237 e. The van der Waals surface area contributed by atoms with Crippen LogP contribution < -0.4 is 10.6 Å². The van der Waals surface area contributed by atoms with Crippen LogP contribution in [0.15, 0.2) is 28.8 Å². The van der Waals surface area contributed by atoms with Gasteiger partial charge in [-0.3, -0.25) is 9.59 Å². The minimum Gasteiger partial charge on any atom is -0.356 e. The van der Waals surface area contributed by atoms with Gasteiger partial charge < -0.3 is 20.1 Å². The predicted molar refractivity (Wildman–Crippen MR) is 108 cm³/mol. The highest BCUT2D eigenvalue weighted by atomic mass is 35.5. The number of halogens is 1. The molecule has 0 aliphatic carbocycles. The third-order valence-corrected chi connectivity index (χ3v) is 5.58. The van der Waals surface area contributed by atoms with Crippen molar-refractivity contribution in [2.45, 2.75) is 38.1 Å². The molecule has 152 valence electrons. The number of fused-ring (bicyclic) bond motifs is 1. The molecule has 1 aromatic carbocycles. The monoisotopic (exact) mass is 406 g/mol. The normalized spacial score (nSPS) is 22.1. The number of rotatable bonds is 5. The van der Waals surface area contributed by atoms with Gasteiger partial charge in [0.25, 0.3) is 0 Å². The summed E-state index contributed by atoms with van der Waals surface area (Å²) in [6.45, 7) is 3.00. The summed E-state index contributed by atoms with van der Waals surface area (Å²) in [6.07, 6.45) is 4.22. The molecule has 2 unspecified atom stereocenters. The van der Waals surface area contributed by atoms with Crippen molar-refractivity contribution >= 4 is 35.2 Å². The topological polar surface area (TPSA) is 87.5 Å². The molecule has 2 saturated heterocycles. The van der Waals surface area contributed by atoms with E-state index >= 15 is 0 Å². The Labute approximate surface area is 170 Å². The molecule has 2 atom stereocenters. The second-order valence-corrected chi connectivity index (χ2v) is 7.54. The van der Waals surface area contributed by atoms with E-state index in [0.717, 1.165) is 44.2 Å². The quantitative estimate of drug-likeness (QED) is 0.791. The van der Waals surface area contributed by atoms with Gasteiger partial charge in [-0.25, -0.2) is 0 Å². The second kappa shape index (κ2) is 9.39. The van der Waals surface area contributed by atoms with Crippen molar-refractivity contribution < 1.29 is 14.1 Å². The third kappa shape index (κ3) is 4.64. The molecular weight excluding hydrogens is 380 g/mol. The minimum absolute atomic E-state index is 0. The molecule has 0 spiro atoms. The molecule has 8 heteroatoms. The zero-order valence-corrected chi connectivity index (χ0v) is 16.7. The van der Waals surface area contributed by atoms with E-state index in [-0.39, 0.29) is 36.7 Å². The first kappa shape index (κ1) is 20.6. The number of nitrogens with one attached hydrogen (secondary N) is 2. The summed E-state index contributed by atoms with van der Waals surface area (Å²) < 4.78 is 5.30. The smallest absolute Gasteiger partial charge is 0.237 e. The molecule has 3 heterocycles. The zero-order chi connectivity index (χ0) is 18.6. The summed E-state index contributed by atoms with van der Waals surface area (Å²) in [5, 5.41) is 11.2. The first-order valence-electron chi connectivity index (χ1n) is 9.83. The van der Waals surface area contributed by atoms with Gasteiger partial charge in [0, 0.05) is 25.0 Å². The average molecular weight is 407 g/mol. The molecular formula is C20H27ClN4O3. The Morgan fingerprint density at radius 3 is 2.93 bits per heavy atom. The number of aromatic nitrogens is 1. The van der Waals surface area contributed by atoms with Crippen LogP contribution in [0.5, 0.6) is 0 Å². The first-order valence-corrected chi connectivity index (χ1v) is 9.83. The van der Waals surface area contributed by atoms with Gasteiger partial charge in [-0.2, -0.15) is 0 Å². The van der Waals surface area contributed by atoms with Crippen molar-refractivity contribution in [1.82, 2.24) is 20.7 Å². The van der Waals surface area contributed by atoms with Crippen molar-refractivity contribution in [2.75, 3.05) is 26.2 Å². The van der Waals surface area contributed by atoms with E-state index in [1.807, 2.05) is 29.2 Å². The molecule has 0 saturated carbocycles. The van der Waals surface area contributed by atoms with Gasteiger partial charge >= 0.3 is 0 Å². The van der Waals surface area contributed by atoms with Crippen LogP contribution in [0.25, 0.3) is 11.0 Å². The van der Waals surface area contributed by atoms with Crippen molar-refractivity contribution in [2.24, 2.45) is 5.92 Å². The Hall–Kier alpha value is -2.12. The van der Waals surface area contributed by atoms with E-state index in [0.29, 0.717) is 30.3 Å². The molecule has 2 fully saturated rings. The van der Waals surface area contributed by atoms with Crippen LogP contribution in [0.4, 0.5) is 0 Å². The largest absolute Gasteiger partial charge is 0.356 e. The van der Waals surface area contributed by atoms with Crippen LogP contribution in [0.1, 0.15) is 31.4 Å². The Morgan fingerprint density at radius 2 is 2.11 bits per heavy atom. The van der Waals surface area contributed by atoms with Crippen LogP contribution >= 0.6 is 12.4 Å². The van der Waals surface area contributed by atoms with Gasteiger partial charge in [0.15, 0.2) is 5.58 Å². The molecule has 0 bridgehead atoms. The van der Waals surface area contributed by atoms with E-state index < -0.39 is 0 Å². The van der Waals surface area contributed by atoms with Crippen LogP contribution in [0.3, 0.4) is 0 Å². The van der Waals surface area contributed by atoms with Crippen molar-refractivity contribution in [1.29, 1.82) is 0 Å². The highest BCUT2D eigenvalue weighted by Crippen LogP contribution is 2.21. The fraction of sp³-hybridized carbons (Fsp3) is 0.550. The average Bonchev–Trinajstić information content (AvgIpc) is 3.37. The van der Waals surface area contributed by atoms with Crippen molar-refractivity contribution in [3.63, 3.8) is 0 Å². The lowest BCUT2D eigenvalue weighted by Crippen LogP contribution is -2.47. The predicted octanol–water partition coefficient (Wildman–Crippen LogP) is 1.90. The lowest BCUT2D eigenvalue weighted by molar-refractivity contribution is -0.132. The number of para-hydroxylation sites is 1. The van der Waals surface area contributed by atoms with Crippen LogP contribution in [0, 0.1) is 5.92 Å². The first-order chi connectivity index (χ1) is 13.2. The Kier molecular flexibility index (Phi) is 6.91. The number of amides is 2. The highest BCUT2D eigenvalue weighted by Gasteiger charge is 2.27. The molecule has 1 aromatic heterocycles. The van der Waals surface area contributed by atoms with Crippen LogP contribution in [-0.2, 0) is 16.0 Å². The summed E-state index contributed by atoms with van der Waals surface area (Å²) in [6, 6.07) is 7.55. The zero-order valence-electron chi connectivity index (χ0n) is 15.9. The number of benzene rings is 1. The Morgan fingerprint density at radius 1 is 1.25 bits per heavy atom. The van der Waals surface area contributed by atoms with E-state index in [1.54, 1.807) is 0 Å². The van der Waals surface area contributed by atoms with Crippen LogP contribution in [-0.4, -0.2) is 54.1 Å².